The Labute approximate surface area is 138 Å². The molecule has 4 heteroatoms. The van der Waals surface area contributed by atoms with Crippen LogP contribution in [0.2, 0.25) is 0 Å². The average molecular weight is 322 g/mol. The SMILES string of the molecule is CC(C)COc1ccc(CN)cc1OCc1ccccc1.Cl. The van der Waals surface area contributed by atoms with Gasteiger partial charge in [0, 0.05) is 6.54 Å². The number of rotatable bonds is 7. The van der Waals surface area contributed by atoms with Crippen LogP contribution in [-0.4, -0.2) is 6.61 Å². The van der Waals surface area contributed by atoms with Crippen LogP contribution in [0.4, 0.5) is 0 Å². The molecule has 2 aromatic carbocycles. The Morgan fingerprint density at radius 1 is 0.909 bits per heavy atom. The van der Waals surface area contributed by atoms with Crippen molar-refractivity contribution in [2.24, 2.45) is 11.7 Å². The van der Waals surface area contributed by atoms with E-state index in [2.05, 4.69) is 13.8 Å². The Morgan fingerprint density at radius 3 is 2.27 bits per heavy atom. The number of ether oxygens (including phenoxy) is 2. The van der Waals surface area contributed by atoms with E-state index in [1.807, 2.05) is 48.5 Å². The second-order valence-electron chi connectivity index (χ2n) is 5.46. The van der Waals surface area contributed by atoms with E-state index in [0.717, 1.165) is 22.6 Å². The molecule has 0 aliphatic heterocycles. The first-order valence-corrected chi connectivity index (χ1v) is 7.31. The highest BCUT2D eigenvalue weighted by Crippen LogP contribution is 2.29. The van der Waals surface area contributed by atoms with Gasteiger partial charge in [0.25, 0.3) is 0 Å². The lowest BCUT2D eigenvalue weighted by Gasteiger charge is -2.15. The summed E-state index contributed by atoms with van der Waals surface area (Å²) >= 11 is 0. The molecule has 2 aromatic rings. The minimum absolute atomic E-state index is 0. The van der Waals surface area contributed by atoms with Crippen molar-refractivity contribution < 1.29 is 9.47 Å². The summed E-state index contributed by atoms with van der Waals surface area (Å²) in [5.74, 6) is 2.00. The minimum Gasteiger partial charge on any atom is -0.489 e. The van der Waals surface area contributed by atoms with Gasteiger partial charge in [-0.2, -0.15) is 0 Å². The highest BCUT2D eigenvalue weighted by Gasteiger charge is 2.08. The Kier molecular flexibility index (Phi) is 7.78. The van der Waals surface area contributed by atoms with Crippen LogP contribution in [0.3, 0.4) is 0 Å². The molecule has 0 bridgehead atoms. The van der Waals surface area contributed by atoms with Crippen molar-refractivity contribution >= 4 is 12.4 Å². The zero-order valence-corrected chi connectivity index (χ0v) is 13.9. The molecule has 3 nitrogen and oxygen atoms in total. The Balaban J connectivity index is 0.00000242. The van der Waals surface area contributed by atoms with E-state index in [0.29, 0.717) is 25.7 Å². The predicted molar refractivity (Wildman–Crippen MR) is 92.7 cm³/mol. The highest BCUT2D eigenvalue weighted by molar-refractivity contribution is 5.85. The van der Waals surface area contributed by atoms with E-state index < -0.39 is 0 Å². The van der Waals surface area contributed by atoms with Gasteiger partial charge in [0.1, 0.15) is 6.61 Å². The summed E-state index contributed by atoms with van der Waals surface area (Å²) in [7, 11) is 0. The number of halogens is 1. The van der Waals surface area contributed by atoms with Gasteiger partial charge in [0.05, 0.1) is 6.61 Å². The molecule has 2 N–H and O–H groups in total. The van der Waals surface area contributed by atoms with Gasteiger partial charge in [0.2, 0.25) is 0 Å². The molecular weight excluding hydrogens is 298 g/mol. The van der Waals surface area contributed by atoms with Crippen molar-refractivity contribution in [1.82, 2.24) is 0 Å². The third-order valence-electron chi connectivity index (χ3n) is 3.05. The molecule has 2 rings (SSSR count). The van der Waals surface area contributed by atoms with Crippen LogP contribution in [-0.2, 0) is 13.2 Å². The molecule has 0 atom stereocenters. The monoisotopic (exact) mass is 321 g/mol. The van der Waals surface area contributed by atoms with Gasteiger partial charge in [-0.1, -0.05) is 50.2 Å². The molecule has 0 radical (unpaired) electrons. The predicted octanol–water partition coefficient (Wildman–Crippen LogP) is 4.18. The lowest BCUT2D eigenvalue weighted by atomic mass is 10.2. The van der Waals surface area contributed by atoms with Crippen LogP contribution >= 0.6 is 12.4 Å². The molecule has 0 saturated carbocycles. The first-order chi connectivity index (χ1) is 10.2. The summed E-state index contributed by atoms with van der Waals surface area (Å²) in [6, 6.07) is 16.0. The van der Waals surface area contributed by atoms with Crippen LogP contribution in [0.1, 0.15) is 25.0 Å². The Morgan fingerprint density at radius 2 is 1.64 bits per heavy atom. The first-order valence-electron chi connectivity index (χ1n) is 7.31. The van der Waals surface area contributed by atoms with Gasteiger partial charge in [-0.05, 0) is 29.2 Å². The van der Waals surface area contributed by atoms with Gasteiger partial charge in [-0.15, -0.1) is 12.4 Å². The van der Waals surface area contributed by atoms with Crippen LogP contribution in [0.5, 0.6) is 11.5 Å². The maximum absolute atomic E-state index is 5.92. The molecule has 0 spiro atoms. The zero-order valence-electron chi connectivity index (χ0n) is 13.1. The summed E-state index contributed by atoms with van der Waals surface area (Å²) in [5.41, 5.74) is 7.87. The van der Waals surface area contributed by atoms with Crippen molar-refractivity contribution in [2.45, 2.75) is 27.0 Å². The molecule has 0 heterocycles. The van der Waals surface area contributed by atoms with Crippen molar-refractivity contribution in [2.75, 3.05) is 6.61 Å². The summed E-state index contributed by atoms with van der Waals surface area (Å²) < 4.78 is 11.7. The quantitative estimate of drug-likeness (QED) is 0.832. The van der Waals surface area contributed by atoms with Gasteiger partial charge in [-0.25, -0.2) is 0 Å². The molecule has 0 saturated heterocycles. The molecule has 120 valence electrons. The fourth-order valence-electron chi connectivity index (χ4n) is 1.90. The lowest BCUT2D eigenvalue weighted by Crippen LogP contribution is -2.07. The molecule has 0 fully saturated rings. The summed E-state index contributed by atoms with van der Waals surface area (Å²) in [4.78, 5) is 0. The standard InChI is InChI=1S/C18H23NO2.ClH/c1-14(2)12-20-17-9-8-16(11-19)10-18(17)21-13-15-6-4-3-5-7-15;/h3-10,14H,11-13,19H2,1-2H3;1H. The third kappa shape index (κ3) is 5.58. The largest absolute Gasteiger partial charge is 0.489 e. The highest BCUT2D eigenvalue weighted by atomic mass is 35.5. The summed E-state index contributed by atoms with van der Waals surface area (Å²) in [6.45, 7) is 5.93. The molecule has 0 aliphatic carbocycles. The minimum atomic E-state index is 0. The second-order valence-corrected chi connectivity index (χ2v) is 5.46. The molecule has 0 amide bonds. The number of benzene rings is 2. The van der Waals surface area contributed by atoms with Crippen LogP contribution in [0.15, 0.2) is 48.5 Å². The van der Waals surface area contributed by atoms with Crippen molar-refractivity contribution in [3.63, 3.8) is 0 Å². The molecular formula is C18H24ClNO2. The second kappa shape index (κ2) is 9.34. The first kappa shape index (κ1) is 18.3. The van der Waals surface area contributed by atoms with Gasteiger partial charge >= 0.3 is 0 Å². The molecule has 0 aliphatic rings. The van der Waals surface area contributed by atoms with Crippen LogP contribution in [0, 0.1) is 5.92 Å². The van der Waals surface area contributed by atoms with E-state index in [9.17, 15) is 0 Å². The number of nitrogens with two attached hydrogens (primary N) is 1. The van der Waals surface area contributed by atoms with Crippen molar-refractivity contribution in [3.05, 3.63) is 59.7 Å². The molecule has 0 unspecified atom stereocenters. The molecule has 22 heavy (non-hydrogen) atoms. The topological polar surface area (TPSA) is 44.5 Å². The molecule has 0 aromatic heterocycles. The number of hydrogen-bond acceptors (Lipinski definition) is 3. The summed E-state index contributed by atoms with van der Waals surface area (Å²) in [5, 5.41) is 0. The summed E-state index contributed by atoms with van der Waals surface area (Å²) in [6.07, 6.45) is 0. The van der Waals surface area contributed by atoms with E-state index in [-0.39, 0.29) is 12.4 Å². The Bertz CT molecular complexity index is 558. The van der Waals surface area contributed by atoms with Crippen molar-refractivity contribution in [1.29, 1.82) is 0 Å². The van der Waals surface area contributed by atoms with Gasteiger partial charge in [0.15, 0.2) is 11.5 Å². The van der Waals surface area contributed by atoms with E-state index >= 15 is 0 Å². The van der Waals surface area contributed by atoms with Crippen LogP contribution in [0.25, 0.3) is 0 Å². The Hall–Kier alpha value is -1.71. The van der Waals surface area contributed by atoms with Crippen LogP contribution < -0.4 is 15.2 Å². The zero-order chi connectivity index (χ0) is 15.1. The number of hydrogen-bond donors (Lipinski definition) is 1. The van der Waals surface area contributed by atoms with E-state index in [1.54, 1.807) is 0 Å². The normalized spacial score (nSPS) is 10.2. The smallest absolute Gasteiger partial charge is 0.162 e. The average Bonchev–Trinajstić information content (AvgIpc) is 2.52. The maximum atomic E-state index is 5.92. The van der Waals surface area contributed by atoms with E-state index in [1.165, 1.54) is 0 Å². The van der Waals surface area contributed by atoms with Gasteiger partial charge < -0.3 is 15.2 Å². The fourth-order valence-corrected chi connectivity index (χ4v) is 1.90. The third-order valence-corrected chi connectivity index (χ3v) is 3.05. The fraction of sp³-hybridized carbons (Fsp3) is 0.333. The maximum Gasteiger partial charge on any atom is 0.162 e. The van der Waals surface area contributed by atoms with Crippen molar-refractivity contribution in [3.8, 4) is 11.5 Å². The van der Waals surface area contributed by atoms with Gasteiger partial charge in [-0.3, -0.25) is 0 Å². The van der Waals surface area contributed by atoms with E-state index in [4.69, 9.17) is 15.2 Å². The lowest BCUT2D eigenvalue weighted by molar-refractivity contribution is 0.239.